The van der Waals surface area contributed by atoms with Gasteiger partial charge in [0.1, 0.15) is 5.82 Å². The van der Waals surface area contributed by atoms with E-state index in [0.29, 0.717) is 6.42 Å². The Morgan fingerprint density at radius 3 is 2.65 bits per heavy atom. The van der Waals surface area contributed by atoms with Gasteiger partial charge in [-0.2, -0.15) is 0 Å². The van der Waals surface area contributed by atoms with Crippen LogP contribution in [0.5, 0.6) is 0 Å². The van der Waals surface area contributed by atoms with Gasteiger partial charge in [-0.25, -0.2) is 4.39 Å². The molecule has 1 heterocycles. The summed E-state index contributed by atoms with van der Waals surface area (Å²) in [7, 11) is 0. The van der Waals surface area contributed by atoms with Crippen molar-refractivity contribution in [2.45, 2.75) is 13.0 Å². The van der Waals surface area contributed by atoms with E-state index in [1.807, 2.05) is 30.5 Å². The Hall–Kier alpha value is -2.13. The summed E-state index contributed by atoms with van der Waals surface area (Å²) in [5, 5.41) is 4.61. The summed E-state index contributed by atoms with van der Waals surface area (Å²) >= 11 is 0. The monoisotopic (exact) mass is 268 g/mol. The van der Waals surface area contributed by atoms with Crippen molar-refractivity contribution in [3.63, 3.8) is 0 Å². The highest BCUT2D eigenvalue weighted by molar-refractivity contribution is 5.82. The van der Waals surface area contributed by atoms with E-state index < -0.39 is 0 Å². The second-order valence-corrected chi connectivity index (χ2v) is 4.88. The first-order valence-corrected chi connectivity index (χ1v) is 6.84. The molecule has 0 bridgehead atoms. The molecule has 0 aliphatic carbocycles. The van der Waals surface area contributed by atoms with Crippen LogP contribution in [0.2, 0.25) is 0 Å². The molecule has 102 valence electrons. The average molecular weight is 268 g/mol. The Bertz CT molecular complexity index is 703. The summed E-state index contributed by atoms with van der Waals surface area (Å²) in [4.78, 5) is 3.26. The first-order valence-electron chi connectivity index (χ1n) is 6.84. The lowest BCUT2D eigenvalue weighted by atomic mass is 10.1. The van der Waals surface area contributed by atoms with Gasteiger partial charge >= 0.3 is 0 Å². The highest BCUT2D eigenvalue weighted by Crippen LogP contribution is 2.17. The van der Waals surface area contributed by atoms with Gasteiger partial charge in [-0.15, -0.1) is 0 Å². The van der Waals surface area contributed by atoms with Gasteiger partial charge in [0.2, 0.25) is 0 Å². The van der Waals surface area contributed by atoms with Crippen molar-refractivity contribution in [3.05, 3.63) is 71.7 Å². The maximum Gasteiger partial charge on any atom is 0.126 e. The molecule has 3 aromatic rings. The first-order chi connectivity index (χ1) is 9.84. The van der Waals surface area contributed by atoms with Crippen LogP contribution in [0.1, 0.15) is 11.1 Å². The maximum atomic E-state index is 13.5. The lowest BCUT2D eigenvalue weighted by Crippen LogP contribution is -2.16. The van der Waals surface area contributed by atoms with E-state index in [1.54, 1.807) is 6.07 Å². The van der Waals surface area contributed by atoms with Crippen LogP contribution in [0.25, 0.3) is 10.9 Å². The number of para-hydroxylation sites is 1. The number of aromatic nitrogens is 1. The summed E-state index contributed by atoms with van der Waals surface area (Å²) in [6, 6.07) is 15.2. The fraction of sp³-hybridized carbons (Fsp3) is 0.176. The maximum absolute atomic E-state index is 13.5. The molecule has 3 rings (SSSR count). The molecule has 1 aromatic heterocycles. The molecule has 0 aliphatic heterocycles. The number of nitrogens with one attached hydrogen (secondary N) is 2. The summed E-state index contributed by atoms with van der Waals surface area (Å²) < 4.78 is 13.5. The zero-order chi connectivity index (χ0) is 13.8. The van der Waals surface area contributed by atoms with Crippen LogP contribution < -0.4 is 5.32 Å². The van der Waals surface area contributed by atoms with Gasteiger partial charge in [0.25, 0.3) is 0 Å². The molecule has 20 heavy (non-hydrogen) atoms. The van der Waals surface area contributed by atoms with Crippen LogP contribution in [-0.4, -0.2) is 11.5 Å². The number of rotatable bonds is 5. The largest absolute Gasteiger partial charge is 0.361 e. The van der Waals surface area contributed by atoms with Crippen molar-refractivity contribution >= 4 is 10.9 Å². The van der Waals surface area contributed by atoms with E-state index in [-0.39, 0.29) is 5.82 Å². The average Bonchev–Trinajstić information content (AvgIpc) is 2.89. The van der Waals surface area contributed by atoms with E-state index >= 15 is 0 Å². The SMILES string of the molecule is Fc1ccccc1CCNCc1c[nH]c2ccccc12. The van der Waals surface area contributed by atoms with Gasteiger partial charge in [0.05, 0.1) is 0 Å². The van der Waals surface area contributed by atoms with Gasteiger partial charge in [0, 0.05) is 23.6 Å². The van der Waals surface area contributed by atoms with Crippen LogP contribution in [0.4, 0.5) is 4.39 Å². The second-order valence-electron chi connectivity index (χ2n) is 4.88. The minimum atomic E-state index is -0.124. The Morgan fingerprint density at radius 1 is 0.950 bits per heavy atom. The van der Waals surface area contributed by atoms with Gasteiger partial charge < -0.3 is 10.3 Å². The zero-order valence-corrected chi connectivity index (χ0v) is 11.2. The second kappa shape index (κ2) is 5.88. The molecule has 0 saturated heterocycles. The summed E-state index contributed by atoms with van der Waals surface area (Å²) in [5.74, 6) is -0.124. The van der Waals surface area contributed by atoms with E-state index in [9.17, 15) is 4.39 Å². The summed E-state index contributed by atoms with van der Waals surface area (Å²) in [5.41, 5.74) is 3.16. The molecule has 2 N–H and O–H groups in total. The molecule has 2 nitrogen and oxygen atoms in total. The van der Waals surface area contributed by atoms with Crippen LogP contribution in [0.15, 0.2) is 54.7 Å². The van der Waals surface area contributed by atoms with Crippen LogP contribution in [0, 0.1) is 5.82 Å². The van der Waals surface area contributed by atoms with Gasteiger partial charge in [-0.1, -0.05) is 36.4 Å². The first kappa shape index (κ1) is 12.9. The molecular formula is C17H17FN2. The fourth-order valence-electron chi connectivity index (χ4n) is 2.43. The molecule has 0 fully saturated rings. The molecule has 0 spiro atoms. The molecular weight excluding hydrogens is 251 g/mol. The van der Waals surface area contributed by atoms with E-state index in [4.69, 9.17) is 0 Å². The van der Waals surface area contributed by atoms with Crippen LogP contribution >= 0.6 is 0 Å². The lowest BCUT2D eigenvalue weighted by Gasteiger charge is -2.05. The van der Waals surface area contributed by atoms with Gasteiger partial charge in [0.15, 0.2) is 0 Å². The fourth-order valence-corrected chi connectivity index (χ4v) is 2.43. The van der Waals surface area contributed by atoms with Crippen LogP contribution in [0.3, 0.4) is 0 Å². The Labute approximate surface area is 117 Å². The smallest absolute Gasteiger partial charge is 0.126 e. The predicted octanol–water partition coefficient (Wildman–Crippen LogP) is 3.64. The van der Waals surface area contributed by atoms with Crippen molar-refractivity contribution in [2.24, 2.45) is 0 Å². The van der Waals surface area contributed by atoms with Crippen LogP contribution in [-0.2, 0) is 13.0 Å². The third-order valence-corrected chi connectivity index (χ3v) is 3.52. The third-order valence-electron chi connectivity index (χ3n) is 3.52. The molecule has 0 amide bonds. The normalized spacial score (nSPS) is 11.1. The number of halogens is 1. The number of hydrogen-bond acceptors (Lipinski definition) is 1. The predicted molar refractivity (Wildman–Crippen MR) is 80.1 cm³/mol. The molecule has 0 aliphatic rings. The number of fused-ring (bicyclic) bond motifs is 1. The minimum absolute atomic E-state index is 0.124. The quantitative estimate of drug-likeness (QED) is 0.679. The lowest BCUT2D eigenvalue weighted by molar-refractivity contribution is 0.598. The Balaban J connectivity index is 1.57. The highest BCUT2D eigenvalue weighted by atomic mass is 19.1. The molecule has 0 saturated carbocycles. The molecule has 0 atom stereocenters. The molecule has 0 radical (unpaired) electrons. The van der Waals surface area contributed by atoms with E-state index in [2.05, 4.69) is 22.4 Å². The molecule has 2 aromatic carbocycles. The zero-order valence-electron chi connectivity index (χ0n) is 11.2. The highest BCUT2D eigenvalue weighted by Gasteiger charge is 2.03. The summed E-state index contributed by atoms with van der Waals surface area (Å²) in [6.07, 6.45) is 2.73. The van der Waals surface area contributed by atoms with Crippen molar-refractivity contribution in [1.82, 2.24) is 10.3 Å². The minimum Gasteiger partial charge on any atom is -0.361 e. The van der Waals surface area contributed by atoms with Crippen molar-refractivity contribution in [3.8, 4) is 0 Å². The van der Waals surface area contributed by atoms with Crippen molar-refractivity contribution < 1.29 is 4.39 Å². The van der Waals surface area contributed by atoms with E-state index in [1.165, 1.54) is 17.0 Å². The Kier molecular flexibility index (Phi) is 3.79. The molecule has 0 unspecified atom stereocenters. The van der Waals surface area contributed by atoms with Crippen molar-refractivity contribution in [1.29, 1.82) is 0 Å². The van der Waals surface area contributed by atoms with E-state index in [0.717, 1.165) is 24.2 Å². The number of hydrogen-bond donors (Lipinski definition) is 2. The van der Waals surface area contributed by atoms with Gasteiger partial charge in [-0.05, 0) is 36.2 Å². The molecule has 3 heteroatoms. The Morgan fingerprint density at radius 2 is 1.75 bits per heavy atom. The topological polar surface area (TPSA) is 27.8 Å². The standard InChI is InChI=1S/C17H17FN2/c18-16-7-3-1-5-13(16)9-10-19-11-14-12-20-17-8-4-2-6-15(14)17/h1-8,12,19-20H,9-11H2. The third kappa shape index (κ3) is 2.73. The number of benzene rings is 2. The number of H-pyrrole nitrogens is 1. The number of aromatic amines is 1. The summed E-state index contributed by atoms with van der Waals surface area (Å²) in [6.45, 7) is 1.55. The van der Waals surface area contributed by atoms with Gasteiger partial charge in [-0.3, -0.25) is 0 Å². The van der Waals surface area contributed by atoms with Crippen molar-refractivity contribution in [2.75, 3.05) is 6.54 Å².